The van der Waals surface area contributed by atoms with E-state index in [1.807, 2.05) is 0 Å². The predicted molar refractivity (Wildman–Crippen MR) is 56.0 cm³/mol. The van der Waals surface area contributed by atoms with Crippen molar-refractivity contribution in [1.82, 2.24) is 4.98 Å². The number of benzene rings is 1. The Morgan fingerprint density at radius 2 is 2.00 bits per heavy atom. The second kappa shape index (κ2) is 4.07. The van der Waals surface area contributed by atoms with Gasteiger partial charge < -0.3 is 9.72 Å². The monoisotopic (exact) mass is 254 g/mol. The van der Waals surface area contributed by atoms with Crippen molar-refractivity contribution in [3.63, 3.8) is 0 Å². The molecule has 0 saturated carbocycles. The van der Waals surface area contributed by atoms with Crippen molar-refractivity contribution < 1.29 is 17.9 Å². The molecule has 0 amide bonds. The lowest BCUT2D eigenvalue weighted by Crippen LogP contribution is -2.17. The fourth-order valence-corrected chi connectivity index (χ4v) is 1.48. The second-order valence-corrected chi connectivity index (χ2v) is 3.41. The van der Waals surface area contributed by atoms with Crippen LogP contribution in [0.2, 0.25) is 0 Å². The lowest BCUT2D eigenvalue weighted by molar-refractivity contribution is -0.274. The molecule has 0 aliphatic carbocycles. The molecule has 7 heteroatoms. The van der Waals surface area contributed by atoms with E-state index in [9.17, 15) is 18.0 Å². The average Bonchev–Trinajstić information content (AvgIpc) is 2.27. The lowest BCUT2D eigenvalue weighted by atomic mass is 10.2. The third-order valence-corrected chi connectivity index (χ3v) is 2.16. The number of H-pyrrole nitrogens is 1. The molecule has 4 nitrogen and oxygen atoms in total. The van der Waals surface area contributed by atoms with E-state index in [1.165, 1.54) is 6.07 Å². The van der Waals surface area contributed by atoms with Crippen molar-refractivity contribution in [2.24, 2.45) is 0 Å². The Balaban J connectivity index is 2.57. The number of nitrogens with one attached hydrogen (secondary N) is 1. The fraction of sp³-hybridized carbons (Fsp3) is 0.0909. The number of halogens is 3. The number of aromatic nitrogens is 1. The number of aromatic amines is 1. The summed E-state index contributed by atoms with van der Waals surface area (Å²) in [7, 11) is 0. The van der Waals surface area contributed by atoms with E-state index in [2.05, 4.69) is 9.72 Å². The summed E-state index contributed by atoms with van der Waals surface area (Å²) < 4.78 is 39.7. The largest absolute Gasteiger partial charge is 0.573 e. The minimum Gasteiger partial charge on any atom is -0.406 e. The summed E-state index contributed by atoms with van der Waals surface area (Å²) in [5.74, 6) is -0.481. The van der Waals surface area contributed by atoms with Crippen LogP contribution in [0, 0.1) is 11.3 Å². The first-order chi connectivity index (χ1) is 8.39. The summed E-state index contributed by atoms with van der Waals surface area (Å²) in [6.45, 7) is 0. The molecule has 0 unspecified atom stereocenters. The second-order valence-electron chi connectivity index (χ2n) is 3.41. The van der Waals surface area contributed by atoms with Crippen LogP contribution in [0.25, 0.3) is 10.9 Å². The number of nitriles is 1. The van der Waals surface area contributed by atoms with Crippen LogP contribution >= 0.6 is 0 Å². The molecule has 92 valence electrons. The quantitative estimate of drug-likeness (QED) is 0.849. The Bertz CT molecular complexity index is 698. The summed E-state index contributed by atoms with van der Waals surface area (Å²) in [6, 6.07) is 6.05. The van der Waals surface area contributed by atoms with Crippen LogP contribution in [0.4, 0.5) is 13.2 Å². The molecule has 0 bridgehead atoms. The highest BCUT2D eigenvalue weighted by atomic mass is 19.4. The molecule has 2 rings (SSSR count). The zero-order valence-corrected chi connectivity index (χ0v) is 8.71. The standard InChI is InChI=1S/C11H5F3N2O2/c12-11(13,14)18-7-1-2-9-8(4-7)10(17)3-6(5-15)16-9/h1-4H,(H,16,17). The molecule has 1 heterocycles. The van der Waals surface area contributed by atoms with Crippen molar-refractivity contribution in [3.05, 3.63) is 40.2 Å². The first kappa shape index (κ1) is 12.0. The SMILES string of the molecule is N#Cc1cc(=O)c2cc(OC(F)(F)F)ccc2[nH]1. The van der Waals surface area contributed by atoms with E-state index in [-0.39, 0.29) is 16.6 Å². The van der Waals surface area contributed by atoms with Crippen LogP contribution in [0.1, 0.15) is 5.69 Å². The van der Waals surface area contributed by atoms with Gasteiger partial charge in [-0.25, -0.2) is 0 Å². The minimum absolute atomic E-state index is 0.0238. The summed E-state index contributed by atoms with van der Waals surface area (Å²) in [5.41, 5.74) is -0.238. The van der Waals surface area contributed by atoms with Gasteiger partial charge in [0.1, 0.15) is 17.5 Å². The van der Waals surface area contributed by atoms with Crippen LogP contribution < -0.4 is 10.2 Å². The fourth-order valence-electron chi connectivity index (χ4n) is 1.48. The molecule has 0 aliphatic rings. The topological polar surface area (TPSA) is 65.9 Å². The number of ether oxygens (including phenoxy) is 1. The van der Waals surface area contributed by atoms with Gasteiger partial charge in [-0.2, -0.15) is 5.26 Å². The summed E-state index contributed by atoms with van der Waals surface area (Å²) >= 11 is 0. The first-order valence-corrected chi connectivity index (χ1v) is 4.72. The number of fused-ring (bicyclic) bond motifs is 1. The average molecular weight is 254 g/mol. The van der Waals surface area contributed by atoms with Gasteiger partial charge in [-0.1, -0.05) is 0 Å². The van der Waals surface area contributed by atoms with E-state index >= 15 is 0 Å². The predicted octanol–water partition coefficient (Wildman–Crippen LogP) is 2.30. The van der Waals surface area contributed by atoms with Crippen molar-refractivity contribution in [1.29, 1.82) is 5.26 Å². The molecule has 0 atom stereocenters. The zero-order valence-electron chi connectivity index (χ0n) is 8.71. The molecular weight excluding hydrogens is 249 g/mol. The van der Waals surface area contributed by atoms with Crippen LogP contribution in [0.3, 0.4) is 0 Å². The molecule has 0 radical (unpaired) electrons. The smallest absolute Gasteiger partial charge is 0.406 e. The number of nitrogens with zero attached hydrogens (tertiary/aromatic N) is 1. The number of hydrogen-bond donors (Lipinski definition) is 1. The number of rotatable bonds is 1. The van der Waals surface area contributed by atoms with E-state index < -0.39 is 17.5 Å². The Hall–Kier alpha value is -2.49. The number of hydrogen-bond acceptors (Lipinski definition) is 3. The maximum Gasteiger partial charge on any atom is 0.573 e. The van der Waals surface area contributed by atoms with Crippen LogP contribution in [0.15, 0.2) is 29.1 Å². The minimum atomic E-state index is -4.81. The molecule has 1 N–H and O–H groups in total. The molecule has 0 fully saturated rings. The van der Waals surface area contributed by atoms with Gasteiger partial charge in [0.05, 0.1) is 5.52 Å². The normalized spacial score (nSPS) is 11.2. The van der Waals surface area contributed by atoms with E-state index in [0.717, 1.165) is 18.2 Å². The van der Waals surface area contributed by atoms with Gasteiger partial charge in [-0.3, -0.25) is 4.79 Å². The third-order valence-electron chi connectivity index (χ3n) is 2.16. The van der Waals surface area contributed by atoms with Crippen molar-refractivity contribution in [2.75, 3.05) is 0 Å². The van der Waals surface area contributed by atoms with Gasteiger partial charge in [0.25, 0.3) is 0 Å². The summed E-state index contributed by atoms with van der Waals surface area (Å²) in [5, 5.41) is 8.66. The molecule has 1 aromatic carbocycles. The number of alkyl halides is 3. The van der Waals surface area contributed by atoms with E-state index in [4.69, 9.17) is 5.26 Å². The van der Waals surface area contributed by atoms with Crippen molar-refractivity contribution >= 4 is 10.9 Å². The summed E-state index contributed by atoms with van der Waals surface area (Å²) in [6.07, 6.45) is -4.81. The van der Waals surface area contributed by atoms with Gasteiger partial charge in [-0.05, 0) is 18.2 Å². The molecule has 18 heavy (non-hydrogen) atoms. The number of pyridine rings is 1. The first-order valence-electron chi connectivity index (χ1n) is 4.72. The van der Waals surface area contributed by atoms with Gasteiger partial charge in [0.15, 0.2) is 5.43 Å². The van der Waals surface area contributed by atoms with Crippen LogP contribution in [-0.4, -0.2) is 11.3 Å². The Kier molecular flexibility index (Phi) is 2.71. The molecule has 0 spiro atoms. The maximum atomic E-state index is 12.0. The molecule has 1 aromatic heterocycles. The summed E-state index contributed by atoms with van der Waals surface area (Å²) in [4.78, 5) is 14.2. The van der Waals surface area contributed by atoms with E-state index in [0.29, 0.717) is 0 Å². The Labute approximate surface area is 98.2 Å². The van der Waals surface area contributed by atoms with Crippen LogP contribution in [0.5, 0.6) is 5.75 Å². The molecular formula is C11H5F3N2O2. The van der Waals surface area contributed by atoms with Gasteiger partial charge in [0.2, 0.25) is 0 Å². The van der Waals surface area contributed by atoms with Crippen LogP contribution in [-0.2, 0) is 0 Å². The van der Waals surface area contributed by atoms with Gasteiger partial charge in [-0.15, -0.1) is 13.2 Å². The zero-order chi connectivity index (χ0) is 13.3. The molecule has 0 saturated heterocycles. The van der Waals surface area contributed by atoms with Crippen molar-refractivity contribution in [3.8, 4) is 11.8 Å². The van der Waals surface area contributed by atoms with Gasteiger partial charge >= 0.3 is 6.36 Å². The van der Waals surface area contributed by atoms with E-state index in [1.54, 1.807) is 6.07 Å². The molecule has 2 aromatic rings. The highest BCUT2D eigenvalue weighted by molar-refractivity contribution is 5.80. The third kappa shape index (κ3) is 2.43. The highest BCUT2D eigenvalue weighted by Crippen LogP contribution is 2.24. The maximum absolute atomic E-state index is 12.0. The lowest BCUT2D eigenvalue weighted by Gasteiger charge is -2.09. The molecule has 0 aliphatic heterocycles. The Morgan fingerprint density at radius 3 is 2.61 bits per heavy atom. The highest BCUT2D eigenvalue weighted by Gasteiger charge is 2.31. The van der Waals surface area contributed by atoms with Crippen molar-refractivity contribution in [2.45, 2.75) is 6.36 Å². The van der Waals surface area contributed by atoms with Gasteiger partial charge in [0, 0.05) is 11.5 Å². The Morgan fingerprint density at radius 1 is 1.28 bits per heavy atom.